The van der Waals surface area contributed by atoms with Gasteiger partial charge in [-0.3, -0.25) is 4.79 Å². The molecule has 0 atom stereocenters. The molecular formula is C24H26ClN5O4S. The molecule has 1 aromatic heterocycles. The minimum absolute atomic E-state index is 0.0822. The number of nitrogens with one attached hydrogen (secondary N) is 1. The van der Waals surface area contributed by atoms with Crippen molar-refractivity contribution in [1.82, 2.24) is 14.3 Å². The molecule has 4 rings (SSSR count). The lowest BCUT2D eigenvalue weighted by atomic mass is 10.1. The van der Waals surface area contributed by atoms with Crippen LogP contribution in [0.5, 0.6) is 5.75 Å². The highest BCUT2D eigenvalue weighted by molar-refractivity contribution is 7.89. The lowest BCUT2D eigenvalue weighted by Crippen LogP contribution is -2.49. The number of halogens is 1. The second-order valence-electron chi connectivity index (χ2n) is 7.91. The van der Waals surface area contributed by atoms with Crippen molar-refractivity contribution in [1.29, 1.82) is 0 Å². The van der Waals surface area contributed by atoms with Gasteiger partial charge in [-0.05, 0) is 55.5 Å². The van der Waals surface area contributed by atoms with Crippen LogP contribution in [0.1, 0.15) is 13.8 Å². The zero-order chi connectivity index (χ0) is 25.0. The number of amides is 1. The van der Waals surface area contributed by atoms with Crippen LogP contribution in [-0.4, -0.2) is 61.4 Å². The molecule has 11 heteroatoms. The molecule has 2 heterocycles. The molecule has 0 bridgehead atoms. The predicted octanol–water partition coefficient (Wildman–Crippen LogP) is 3.67. The van der Waals surface area contributed by atoms with Gasteiger partial charge in [0.25, 0.3) is 0 Å². The van der Waals surface area contributed by atoms with Gasteiger partial charge in [-0.2, -0.15) is 4.31 Å². The molecule has 0 spiro atoms. The summed E-state index contributed by atoms with van der Waals surface area (Å²) in [6, 6.07) is 13.8. The van der Waals surface area contributed by atoms with E-state index in [2.05, 4.69) is 15.3 Å². The van der Waals surface area contributed by atoms with Crippen molar-refractivity contribution in [2.24, 2.45) is 0 Å². The number of carbonyl (C=O) groups excluding carboxylic acids is 1. The van der Waals surface area contributed by atoms with Crippen LogP contribution in [0.15, 0.2) is 59.6 Å². The molecule has 1 amide bonds. The van der Waals surface area contributed by atoms with Gasteiger partial charge in [-0.15, -0.1) is 0 Å². The Morgan fingerprint density at radius 1 is 1.09 bits per heavy atom. The van der Waals surface area contributed by atoms with Crippen LogP contribution >= 0.6 is 11.6 Å². The van der Waals surface area contributed by atoms with Crippen LogP contribution < -0.4 is 15.0 Å². The minimum atomic E-state index is -3.74. The molecule has 1 fully saturated rings. The Kier molecular flexibility index (Phi) is 7.54. The summed E-state index contributed by atoms with van der Waals surface area (Å²) in [5.41, 5.74) is 2.09. The molecule has 1 aliphatic rings. The molecule has 0 aliphatic carbocycles. The first-order chi connectivity index (χ1) is 16.8. The van der Waals surface area contributed by atoms with Gasteiger partial charge in [0, 0.05) is 44.9 Å². The lowest BCUT2D eigenvalue weighted by molar-refractivity contribution is -0.114. The Bertz CT molecular complexity index is 1310. The summed E-state index contributed by atoms with van der Waals surface area (Å²) in [6.07, 6.45) is 1.70. The van der Waals surface area contributed by atoms with E-state index in [0.717, 1.165) is 17.0 Å². The average molecular weight is 516 g/mol. The molecule has 35 heavy (non-hydrogen) atoms. The maximum absolute atomic E-state index is 13.1. The standard InChI is InChI=1S/C24H26ClN5O4S/c1-3-34-19-6-4-18(5-7-19)22-10-11-26-24(28-22)29-12-14-30(15-13-29)35(32,33)20-8-9-23(21(25)16-20)27-17(2)31/h4-11,16H,3,12-15H2,1-2H3,(H,27,31). The first-order valence-electron chi connectivity index (χ1n) is 11.2. The maximum Gasteiger partial charge on any atom is 0.243 e. The van der Waals surface area contributed by atoms with Gasteiger partial charge in [0.2, 0.25) is 21.9 Å². The number of ether oxygens (including phenoxy) is 1. The van der Waals surface area contributed by atoms with E-state index in [4.69, 9.17) is 16.3 Å². The fraction of sp³-hybridized carbons (Fsp3) is 0.292. The number of hydrogen-bond acceptors (Lipinski definition) is 7. The number of nitrogens with zero attached hydrogens (tertiary/aromatic N) is 4. The summed E-state index contributed by atoms with van der Waals surface area (Å²) in [4.78, 5) is 22.4. The molecule has 184 valence electrons. The van der Waals surface area contributed by atoms with Crippen molar-refractivity contribution in [3.05, 3.63) is 59.8 Å². The number of aromatic nitrogens is 2. The highest BCUT2D eigenvalue weighted by Crippen LogP contribution is 2.28. The fourth-order valence-electron chi connectivity index (χ4n) is 3.77. The third kappa shape index (κ3) is 5.72. The zero-order valence-corrected chi connectivity index (χ0v) is 21.0. The summed E-state index contributed by atoms with van der Waals surface area (Å²) in [5, 5.41) is 2.74. The van der Waals surface area contributed by atoms with Gasteiger partial charge >= 0.3 is 0 Å². The third-order valence-electron chi connectivity index (χ3n) is 5.51. The van der Waals surface area contributed by atoms with Gasteiger partial charge in [0.05, 0.1) is 27.9 Å². The van der Waals surface area contributed by atoms with E-state index in [9.17, 15) is 13.2 Å². The first-order valence-corrected chi connectivity index (χ1v) is 13.0. The Morgan fingerprint density at radius 2 is 1.80 bits per heavy atom. The summed E-state index contributed by atoms with van der Waals surface area (Å²) >= 11 is 6.18. The molecule has 0 saturated carbocycles. The molecule has 1 saturated heterocycles. The molecule has 3 aromatic rings. The average Bonchev–Trinajstić information content (AvgIpc) is 2.86. The maximum atomic E-state index is 13.1. The second kappa shape index (κ2) is 10.6. The van der Waals surface area contributed by atoms with Crippen LogP contribution in [-0.2, 0) is 14.8 Å². The molecule has 9 nitrogen and oxygen atoms in total. The van der Waals surface area contributed by atoms with Gasteiger partial charge in [-0.25, -0.2) is 18.4 Å². The van der Waals surface area contributed by atoms with E-state index in [1.54, 1.807) is 6.20 Å². The number of piperazine rings is 1. The van der Waals surface area contributed by atoms with Crippen LogP contribution in [0.4, 0.5) is 11.6 Å². The highest BCUT2D eigenvalue weighted by atomic mass is 35.5. The lowest BCUT2D eigenvalue weighted by Gasteiger charge is -2.34. The van der Waals surface area contributed by atoms with Crippen molar-refractivity contribution >= 4 is 39.2 Å². The Labute approximate surface area is 209 Å². The van der Waals surface area contributed by atoms with Gasteiger partial charge in [0.15, 0.2) is 0 Å². The number of hydrogen-bond donors (Lipinski definition) is 1. The predicted molar refractivity (Wildman–Crippen MR) is 135 cm³/mol. The number of benzene rings is 2. The normalized spacial score (nSPS) is 14.5. The molecule has 1 aliphatic heterocycles. The van der Waals surface area contributed by atoms with E-state index < -0.39 is 10.0 Å². The van der Waals surface area contributed by atoms with E-state index in [0.29, 0.717) is 31.3 Å². The second-order valence-corrected chi connectivity index (χ2v) is 10.3. The number of carbonyl (C=O) groups is 1. The van der Waals surface area contributed by atoms with E-state index >= 15 is 0 Å². The number of sulfonamides is 1. The summed E-state index contributed by atoms with van der Waals surface area (Å²) in [7, 11) is -3.74. The van der Waals surface area contributed by atoms with Crippen molar-refractivity contribution in [2.75, 3.05) is 43.0 Å². The Hall–Kier alpha value is -3.21. The number of anilines is 2. The molecular weight excluding hydrogens is 490 g/mol. The van der Waals surface area contributed by atoms with Crippen molar-refractivity contribution in [3.8, 4) is 17.0 Å². The monoisotopic (exact) mass is 515 g/mol. The van der Waals surface area contributed by atoms with Crippen molar-refractivity contribution in [2.45, 2.75) is 18.7 Å². The van der Waals surface area contributed by atoms with Crippen LogP contribution in [0.2, 0.25) is 5.02 Å². The summed E-state index contributed by atoms with van der Waals surface area (Å²) < 4.78 is 33.2. The van der Waals surface area contributed by atoms with Crippen LogP contribution in [0.3, 0.4) is 0 Å². The molecule has 1 N–H and O–H groups in total. The van der Waals surface area contributed by atoms with Gasteiger partial charge < -0.3 is 15.0 Å². The quantitative estimate of drug-likeness (QED) is 0.512. The molecule has 0 unspecified atom stereocenters. The first kappa shape index (κ1) is 24.9. The third-order valence-corrected chi connectivity index (χ3v) is 7.72. The van der Waals surface area contributed by atoms with Crippen LogP contribution in [0, 0.1) is 0 Å². The zero-order valence-electron chi connectivity index (χ0n) is 19.4. The van der Waals surface area contributed by atoms with E-state index in [1.165, 1.54) is 29.4 Å². The smallest absolute Gasteiger partial charge is 0.243 e. The molecule has 2 aromatic carbocycles. The fourth-order valence-corrected chi connectivity index (χ4v) is 5.52. The highest BCUT2D eigenvalue weighted by Gasteiger charge is 2.30. The summed E-state index contributed by atoms with van der Waals surface area (Å²) in [6.45, 7) is 5.36. The topological polar surface area (TPSA) is 105 Å². The SMILES string of the molecule is CCOc1ccc(-c2ccnc(N3CCN(S(=O)(=O)c4ccc(NC(C)=O)c(Cl)c4)CC3)n2)cc1. The van der Waals surface area contributed by atoms with Crippen LogP contribution in [0.25, 0.3) is 11.3 Å². The van der Waals surface area contributed by atoms with Gasteiger partial charge in [-0.1, -0.05) is 11.6 Å². The van der Waals surface area contributed by atoms with E-state index in [1.807, 2.05) is 42.2 Å². The number of rotatable bonds is 7. The molecule has 0 radical (unpaired) electrons. The van der Waals surface area contributed by atoms with E-state index in [-0.39, 0.29) is 28.9 Å². The van der Waals surface area contributed by atoms with Gasteiger partial charge in [0.1, 0.15) is 5.75 Å². The Morgan fingerprint density at radius 3 is 2.43 bits per heavy atom. The minimum Gasteiger partial charge on any atom is -0.494 e. The Balaban J connectivity index is 1.44. The van der Waals surface area contributed by atoms with Crippen molar-refractivity contribution < 1.29 is 17.9 Å². The van der Waals surface area contributed by atoms with Crippen molar-refractivity contribution in [3.63, 3.8) is 0 Å². The largest absolute Gasteiger partial charge is 0.494 e. The summed E-state index contributed by atoms with van der Waals surface area (Å²) in [5.74, 6) is 1.07.